The molecule has 0 bridgehead atoms. The molecule has 0 aliphatic heterocycles. The van der Waals surface area contributed by atoms with Crippen LogP contribution in [0.1, 0.15) is 20.3 Å². The van der Waals surface area contributed by atoms with E-state index >= 15 is 0 Å². The first kappa shape index (κ1) is 18.8. The Hall–Kier alpha value is -2.53. The zero-order valence-corrected chi connectivity index (χ0v) is 15.2. The number of amides is 1. The van der Waals surface area contributed by atoms with Crippen molar-refractivity contribution in [1.29, 1.82) is 5.26 Å². The second-order valence-corrected chi connectivity index (χ2v) is 6.55. The molecule has 0 radical (unpaired) electrons. The van der Waals surface area contributed by atoms with E-state index in [0.29, 0.717) is 30.7 Å². The molecule has 2 rings (SSSR count). The minimum atomic E-state index is -0.377. The summed E-state index contributed by atoms with van der Waals surface area (Å²) in [5.41, 5.74) is 0.785. The molecular formula is C17H20N4O3S. The van der Waals surface area contributed by atoms with E-state index in [-0.39, 0.29) is 11.2 Å². The largest absolute Gasteiger partial charge is 0.494 e. The van der Waals surface area contributed by atoms with Gasteiger partial charge in [0.2, 0.25) is 11.8 Å². The highest BCUT2D eigenvalue weighted by Crippen LogP contribution is 2.27. The third kappa shape index (κ3) is 5.22. The van der Waals surface area contributed by atoms with Crippen LogP contribution in [0.15, 0.2) is 33.9 Å². The predicted octanol–water partition coefficient (Wildman–Crippen LogP) is 2.99. The third-order valence-electron chi connectivity index (χ3n) is 3.38. The van der Waals surface area contributed by atoms with Crippen LogP contribution in [0.5, 0.6) is 5.75 Å². The standard InChI is InChI=1S/C17H20N4O3S/c1-4-23-14-8-6-13(7-9-14)15-19-20-17(24-15)25-12(2)16(22)21(3)11-5-10-18/h6-9,12H,4-5,11H2,1-3H3/t12-/m0/s1. The molecule has 1 amide bonds. The number of hydrogen-bond acceptors (Lipinski definition) is 7. The van der Waals surface area contributed by atoms with Crippen LogP contribution in [0.3, 0.4) is 0 Å². The number of nitriles is 1. The molecule has 1 aromatic heterocycles. The average molecular weight is 360 g/mol. The van der Waals surface area contributed by atoms with Crippen molar-refractivity contribution in [2.24, 2.45) is 0 Å². The highest BCUT2D eigenvalue weighted by molar-refractivity contribution is 8.00. The summed E-state index contributed by atoms with van der Waals surface area (Å²) in [6, 6.07) is 9.39. The van der Waals surface area contributed by atoms with E-state index in [9.17, 15) is 4.79 Å². The molecule has 1 atom stereocenters. The van der Waals surface area contributed by atoms with Gasteiger partial charge in [-0.2, -0.15) is 5.26 Å². The van der Waals surface area contributed by atoms with E-state index in [0.717, 1.165) is 11.3 Å². The molecule has 2 aromatic rings. The first-order valence-electron chi connectivity index (χ1n) is 7.90. The Kier molecular flexibility index (Phi) is 6.83. The van der Waals surface area contributed by atoms with Gasteiger partial charge < -0.3 is 14.1 Å². The van der Waals surface area contributed by atoms with Crippen LogP contribution in [0.2, 0.25) is 0 Å². The zero-order valence-electron chi connectivity index (χ0n) is 14.4. The van der Waals surface area contributed by atoms with Gasteiger partial charge >= 0.3 is 0 Å². The Bertz CT molecular complexity index is 739. The Morgan fingerprint density at radius 2 is 2.12 bits per heavy atom. The lowest BCUT2D eigenvalue weighted by atomic mass is 10.2. The minimum Gasteiger partial charge on any atom is -0.494 e. The van der Waals surface area contributed by atoms with Gasteiger partial charge in [-0.05, 0) is 38.1 Å². The van der Waals surface area contributed by atoms with E-state index in [2.05, 4.69) is 10.2 Å². The number of ether oxygens (including phenoxy) is 1. The van der Waals surface area contributed by atoms with Crippen LogP contribution in [-0.2, 0) is 4.79 Å². The maximum Gasteiger partial charge on any atom is 0.277 e. The van der Waals surface area contributed by atoms with Crippen LogP contribution in [0.4, 0.5) is 0 Å². The van der Waals surface area contributed by atoms with Crippen molar-refractivity contribution in [2.45, 2.75) is 30.7 Å². The molecule has 0 aliphatic rings. The van der Waals surface area contributed by atoms with Gasteiger partial charge in [-0.25, -0.2) is 0 Å². The van der Waals surface area contributed by atoms with E-state index in [1.165, 1.54) is 16.7 Å². The van der Waals surface area contributed by atoms with Gasteiger partial charge in [0.05, 0.1) is 24.3 Å². The van der Waals surface area contributed by atoms with Gasteiger partial charge in [0.15, 0.2) is 0 Å². The second-order valence-electron chi connectivity index (χ2n) is 5.26. The highest BCUT2D eigenvalue weighted by atomic mass is 32.2. The van der Waals surface area contributed by atoms with Crippen LogP contribution in [0, 0.1) is 11.3 Å². The van der Waals surface area contributed by atoms with Gasteiger partial charge in [-0.15, -0.1) is 10.2 Å². The number of hydrogen-bond donors (Lipinski definition) is 0. The SMILES string of the molecule is CCOc1ccc(-c2nnc(S[C@@H](C)C(=O)N(C)CCC#N)o2)cc1. The quantitative estimate of drug-likeness (QED) is 0.668. The normalized spacial score (nSPS) is 11.6. The predicted molar refractivity (Wildman–Crippen MR) is 94.1 cm³/mol. The van der Waals surface area contributed by atoms with Crippen LogP contribution in [0.25, 0.3) is 11.5 Å². The number of thioether (sulfide) groups is 1. The molecule has 25 heavy (non-hydrogen) atoms. The average Bonchev–Trinajstić information content (AvgIpc) is 3.08. The Balaban J connectivity index is 1.98. The van der Waals surface area contributed by atoms with Crippen molar-refractivity contribution >= 4 is 17.7 Å². The molecule has 1 heterocycles. The number of carbonyl (C=O) groups excluding carboxylic acids is 1. The molecule has 7 nitrogen and oxygen atoms in total. The van der Waals surface area contributed by atoms with Crippen LogP contribution < -0.4 is 4.74 Å². The van der Waals surface area contributed by atoms with Crippen molar-refractivity contribution in [3.8, 4) is 23.3 Å². The van der Waals surface area contributed by atoms with E-state index in [1.807, 2.05) is 37.3 Å². The fourth-order valence-electron chi connectivity index (χ4n) is 2.07. The molecule has 0 fully saturated rings. The summed E-state index contributed by atoms with van der Waals surface area (Å²) in [7, 11) is 1.68. The molecule has 0 aliphatic carbocycles. The molecule has 0 saturated heterocycles. The zero-order chi connectivity index (χ0) is 18.2. The molecular weight excluding hydrogens is 340 g/mol. The highest BCUT2D eigenvalue weighted by Gasteiger charge is 2.21. The van der Waals surface area contributed by atoms with Crippen LogP contribution >= 0.6 is 11.8 Å². The van der Waals surface area contributed by atoms with Gasteiger partial charge in [-0.1, -0.05) is 11.8 Å². The summed E-state index contributed by atoms with van der Waals surface area (Å²) in [5, 5.41) is 16.6. The molecule has 0 saturated carbocycles. The first-order chi connectivity index (χ1) is 12.0. The molecule has 132 valence electrons. The Labute approximate surface area is 151 Å². The smallest absolute Gasteiger partial charge is 0.277 e. The lowest BCUT2D eigenvalue weighted by Crippen LogP contribution is -2.33. The maximum absolute atomic E-state index is 12.2. The third-order valence-corrected chi connectivity index (χ3v) is 4.30. The van der Waals surface area contributed by atoms with Crippen molar-refractivity contribution in [3.63, 3.8) is 0 Å². The van der Waals surface area contributed by atoms with Gasteiger partial charge in [0.25, 0.3) is 5.22 Å². The summed E-state index contributed by atoms with van der Waals surface area (Å²) >= 11 is 1.20. The van der Waals surface area contributed by atoms with E-state index in [4.69, 9.17) is 14.4 Å². The first-order valence-corrected chi connectivity index (χ1v) is 8.78. The number of carbonyl (C=O) groups is 1. The Morgan fingerprint density at radius 1 is 1.40 bits per heavy atom. The maximum atomic E-state index is 12.2. The van der Waals surface area contributed by atoms with Gasteiger partial charge in [-0.3, -0.25) is 4.79 Å². The fourth-order valence-corrected chi connectivity index (χ4v) is 2.87. The summed E-state index contributed by atoms with van der Waals surface area (Å²) < 4.78 is 11.0. The monoisotopic (exact) mass is 360 g/mol. The van der Waals surface area contributed by atoms with Crippen LogP contribution in [-0.4, -0.2) is 46.5 Å². The molecule has 8 heteroatoms. The van der Waals surface area contributed by atoms with Crippen molar-refractivity contribution < 1.29 is 13.9 Å². The topological polar surface area (TPSA) is 92.3 Å². The fraction of sp³-hybridized carbons (Fsp3) is 0.412. The van der Waals surface area contributed by atoms with Gasteiger partial charge in [0, 0.05) is 19.2 Å². The number of rotatable bonds is 8. The molecule has 0 unspecified atom stereocenters. The second kappa shape index (κ2) is 9.08. The number of nitrogens with zero attached hydrogens (tertiary/aromatic N) is 4. The molecule has 0 spiro atoms. The molecule has 1 aromatic carbocycles. The summed E-state index contributed by atoms with van der Waals surface area (Å²) in [4.78, 5) is 13.8. The summed E-state index contributed by atoms with van der Waals surface area (Å²) in [6.45, 7) is 4.71. The van der Waals surface area contributed by atoms with Crippen molar-refractivity contribution in [1.82, 2.24) is 15.1 Å². The summed E-state index contributed by atoms with van der Waals surface area (Å²) in [6.07, 6.45) is 0.308. The lowest BCUT2D eigenvalue weighted by Gasteiger charge is -2.18. The Morgan fingerprint density at radius 3 is 2.76 bits per heavy atom. The summed E-state index contributed by atoms with van der Waals surface area (Å²) in [5.74, 6) is 1.09. The number of benzene rings is 1. The molecule has 0 N–H and O–H groups in total. The van der Waals surface area contributed by atoms with Crippen molar-refractivity contribution in [3.05, 3.63) is 24.3 Å². The van der Waals surface area contributed by atoms with Gasteiger partial charge in [0.1, 0.15) is 5.75 Å². The van der Waals surface area contributed by atoms with E-state index in [1.54, 1.807) is 14.0 Å². The minimum absolute atomic E-state index is 0.0823. The van der Waals surface area contributed by atoms with Crippen molar-refractivity contribution in [2.75, 3.05) is 20.2 Å². The number of aromatic nitrogens is 2. The lowest BCUT2D eigenvalue weighted by molar-refractivity contribution is -0.128. The van der Waals surface area contributed by atoms with E-state index < -0.39 is 0 Å².